The van der Waals surface area contributed by atoms with Crippen LogP contribution in [0.3, 0.4) is 0 Å². The Bertz CT molecular complexity index is 902. The van der Waals surface area contributed by atoms with Gasteiger partial charge in [0.1, 0.15) is 5.54 Å². The standard InChI is InChI=1S/C19H21N5OS.ClH/c1-14-22-17(13-26-14)15-4-2-5-16(12-15)23-18(25)19(6-9-20-10-7-19)24-11-3-8-21-24;/h2-5,8,11-13,20H,6-7,9-10H2,1H3,(H,23,25);1H. The summed E-state index contributed by atoms with van der Waals surface area (Å²) < 4.78 is 1.80. The number of halogens is 1. The van der Waals surface area contributed by atoms with E-state index in [-0.39, 0.29) is 18.3 Å². The maximum atomic E-state index is 13.2. The Morgan fingerprint density at radius 1 is 1.30 bits per heavy atom. The van der Waals surface area contributed by atoms with Gasteiger partial charge in [-0.05, 0) is 51.1 Å². The van der Waals surface area contributed by atoms with Crippen LogP contribution in [-0.4, -0.2) is 33.8 Å². The maximum Gasteiger partial charge on any atom is 0.252 e. The number of hydrogen-bond donors (Lipinski definition) is 2. The van der Waals surface area contributed by atoms with Gasteiger partial charge in [-0.15, -0.1) is 23.7 Å². The largest absolute Gasteiger partial charge is 0.324 e. The van der Waals surface area contributed by atoms with Crippen molar-refractivity contribution in [1.29, 1.82) is 0 Å². The summed E-state index contributed by atoms with van der Waals surface area (Å²) in [6.45, 7) is 3.58. The lowest BCUT2D eigenvalue weighted by atomic mass is 9.87. The molecule has 0 radical (unpaired) electrons. The van der Waals surface area contributed by atoms with Crippen molar-refractivity contribution in [2.75, 3.05) is 18.4 Å². The van der Waals surface area contributed by atoms with Gasteiger partial charge in [-0.25, -0.2) is 4.98 Å². The van der Waals surface area contributed by atoms with Gasteiger partial charge >= 0.3 is 0 Å². The molecule has 1 aliphatic heterocycles. The summed E-state index contributed by atoms with van der Waals surface area (Å²) >= 11 is 1.62. The van der Waals surface area contributed by atoms with Crippen LogP contribution in [0.15, 0.2) is 48.1 Å². The molecular weight excluding hydrogens is 382 g/mol. The van der Waals surface area contributed by atoms with E-state index in [0.717, 1.165) is 35.0 Å². The molecule has 1 amide bonds. The highest BCUT2D eigenvalue weighted by Gasteiger charge is 2.42. The maximum absolute atomic E-state index is 13.2. The second kappa shape index (κ2) is 8.21. The number of aryl methyl sites for hydroxylation is 1. The molecule has 2 aromatic heterocycles. The van der Waals surface area contributed by atoms with E-state index in [1.54, 1.807) is 22.2 Å². The van der Waals surface area contributed by atoms with E-state index in [9.17, 15) is 4.79 Å². The van der Waals surface area contributed by atoms with Crippen LogP contribution in [0.1, 0.15) is 17.8 Å². The van der Waals surface area contributed by atoms with Gasteiger partial charge in [-0.2, -0.15) is 5.10 Å². The van der Waals surface area contributed by atoms with Gasteiger partial charge in [0.05, 0.1) is 10.7 Å². The Morgan fingerprint density at radius 2 is 2.11 bits per heavy atom. The van der Waals surface area contributed by atoms with Gasteiger partial charge in [0, 0.05) is 29.0 Å². The molecule has 6 nitrogen and oxygen atoms in total. The SMILES string of the molecule is Cc1nc(-c2cccc(NC(=O)C3(n4cccn4)CCNCC3)c2)cs1.Cl. The van der Waals surface area contributed by atoms with Crippen molar-refractivity contribution >= 4 is 35.3 Å². The molecule has 8 heteroatoms. The summed E-state index contributed by atoms with van der Waals surface area (Å²) in [6.07, 6.45) is 5.03. The Labute approximate surface area is 168 Å². The molecule has 0 spiro atoms. The molecule has 0 aliphatic carbocycles. The predicted octanol–water partition coefficient (Wildman–Crippen LogP) is 3.45. The average Bonchev–Trinajstić information content (AvgIpc) is 3.34. The number of nitrogens with one attached hydrogen (secondary N) is 2. The normalized spacial score (nSPS) is 15.7. The first-order valence-corrected chi connectivity index (χ1v) is 9.60. The summed E-state index contributed by atoms with van der Waals surface area (Å²) in [6, 6.07) is 9.71. The first-order chi connectivity index (χ1) is 12.7. The van der Waals surface area contributed by atoms with Crippen LogP contribution in [0, 0.1) is 6.92 Å². The molecule has 142 valence electrons. The topological polar surface area (TPSA) is 71.8 Å². The Hall–Kier alpha value is -2.22. The summed E-state index contributed by atoms with van der Waals surface area (Å²) in [5.41, 5.74) is 2.07. The number of benzene rings is 1. The van der Waals surface area contributed by atoms with Crippen molar-refractivity contribution in [3.05, 3.63) is 53.1 Å². The number of aromatic nitrogens is 3. The predicted molar refractivity (Wildman–Crippen MR) is 110 cm³/mol. The van der Waals surface area contributed by atoms with Crippen molar-refractivity contribution < 1.29 is 4.79 Å². The quantitative estimate of drug-likeness (QED) is 0.699. The molecule has 27 heavy (non-hydrogen) atoms. The zero-order valence-electron chi connectivity index (χ0n) is 15.0. The number of anilines is 1. The van der Waals surface area contributed by atoms with Crippen LogP contribution < -0.4 is 10.6 Å². The van der Waals surface area contributed by atoms with Crippen LogP contribution in [0.4, 0.5) is 5.69 Å². The van der Waals surface area contributed by atoms with Crippen LogP contribution in [0.25, 0.3) is 11.3 Å². The Balaban J connectivity index is 0.00000210. The third-order valence-electron chi connectivity index (χ3n) is 4.83. The highest BCUT2D eigenvalue weighted by molar-refractivity contribution is 7.09. The highest BCUT2D eigenvalue weighted by atomic mass is 35.5. The number of hydrogen-bond acceptors (Lipinski definition) is 5. The Morgan fingerprint density at radius 3 is 2.78 bits per heavy atom. The summed E-state index contributed by atoms with van der Waals surface area (Å²) in [4.78, 5) is 17.8. The van der Waals surface area contributed by atoms with Crippen molar-refractivity contribution in [2.45, 2.75) is 25.3 Å². The van der Waals surface area contributed by atoms with Gasteiger partial charge < -0.3 is 10.6 Å². The highest BCUT2D eigenvalue weighted by Crippen LogP contribution is 2.30. The fourth-order valence-electron chi connectivity index (χ4n) is 3.42. The fraction of sp³-hybridized carbons (Fsp3) is 0.316. The van der Waals surface area contributed by atoms with Crippen molar-refractivity contribution in [2.24, 2.45) is 0 Å². The third kappa shape index (κ3) is 3.90. The van der Waals surface area contributed by atoms with Crippen molar-refractivity contribution in [1.82, 2.24) is 20.1 Å². The zero-order valence-corrected chi connectivity index (χ0v) is 16.6. The minimum atomic E-state index is -0.651. The van der Waals surface area contributed by atoms with E-state index < -0.39 is 5.54 Å². The number of rotatable bonds is 4. The second-order valence-corrected chi connectivity index (χ2v) is 7.58. The lowest BCUT2D eigenvalue weighted by molar-refractivity contribution is -0.126. The molecule has 1 aromatic carbocycles. The van der Waals surface area contributed by atoms with Crippen LogP contribution >= 0.6 is 23.7 Å². The van der Waals surface area contributed by atoms with E-state index in [1.807, 2.05) is 48.8 Å². The van der Waals surface area contributed by atoms with E-state index in [0.29, 0.717) is 12.8 Å². The van der Waals surface area contributed by atoms with E-state index in [2.05, 4.69) is 20.7 Å². The molecule has 0 bridgehead atoms. The molecular formula is C19H22ClN5OS. The average molecular weight is 404 g/mol. The van der Waals surface area contributed by atoms with E-state index >= 15 is 0 Å². The van der Waals surface area contributed by atoms with Gasteiger partial charge in [-0.1, -0.05) is 12.1 Å². The van der Waals surface area contributed by atoms with Crippen LogP contribution in [0.2, 0.25) is 0 Å². The summed E-state index contributed by atoms with van der Waals surface area (Å²) in [5.74, 6) is -0.0192. The third-order valence-corrected chi connectivity index (χ3v) is 5.61. The lowest BCUT2D eigenvalue weighted by Gasteiger charge is -2.36. The molecule has 1 saturated heterocycles. The number of thiazole rings is 1. The van der Waals surface area contributed by atoms with Gasteiger partial charge in [0.15, 0.2) is 0 Å². The first-order valence-electron chi connectivity index (χ1n) is 8.72. The molecule has 0 atom stereocenters. The lowest BCUT2D eigenvalue weighted by Crippen LogP contribution is -2.52. The molecule has 0 saturated carbocycles. The molecule has 2 N–H and O–H groups in total. The Kier molecular flexibility index (Phi) is 5.94. The zero-order chi connectivity index (χ0) is 18.0. The molecule has 0 unspecified atom stereocenters. The number of nitrogens with zero attached hydrogens (tertiary/aromatic N) is 3. The molecule has 3 heterocycles. The molecule has 1 fully saturated rings. The fourth-order valence-corrected chi connectivity index (χ4v) is 4.04. The van der Waals surface area contributed by atoms with Crippen molar-refractivity contribution in [3.8, 4) is 11.3 Å². The minimum absolute atomic E-state index is 0. The summed E-state index contributed by atoms with van der Waals surface area (Å²) in [5, 5.41) is 13.9. The number of piperidine rings is 1. The van der Waals surface area contributed by atoms with Gasteiger partial charge in [-0.3, -0.25) is 9.48 Å². The van der Waals surface area contributed by atoms with Crippen LogP contribution in [0.5, 0.6) is 0 Å². The molecule has 1 aliphatic rings. The number of amides is 1. The minimum Gasteiger partial charge on any atom is -0.324 e. The smallest absolute Gasteiger partial charge is 0.252 e. The van der Waals surface area contributed by atoms with Crippen molar-refractivity contribution in [3.63, 3.8) is 0 Å². The molecule has 3 aromatic rings. The number of carbonyl (C=O) groups excluding carboxylic acids is 1. The summed E-state index contributed by atoms with van der Waals surface area (Å²) in [7, 11) is 0. The molecule has 4 rings (SSSR count). The van der Waals surface area contributed by atoms with E-state index in [4.69, 9.17) is 0 Å². The van der Waals surface area contributed by atoms with E-state index in [1.165, 1.54) is 0 Å². The first kappa shape index (κ1) is 19.5. The van der Waals surface area contributed by atoms with Gasteiger partial charge in [0.2, 0.25) is 0 Å². The monoisotopic (exact) mass is 403 g/mol. The van der Waals surface area contributed by atoms with Gasteiger partial charge in [0.25, 0.3) is 5.91 Å². The van der Waals surface area contributed by atoms with Crippen LogP contribution in [-0.2, 0) is 10.3 Å². The second-order valence-electron chi connectivity index (χ2n) is 6.52. The number of carbonyl (C=O) groups is 1.